The van der Waals surface area contributed by atoms with E-state index in [1.807, 2.05) is 19.1 Å². The van der Waals surface area contributed by atoms with E-state index in [9.17, 15) is 10.1 Å². The van der Waals surface area contributed by atoms with Gasteiger partial charge >= 0.3 is 5.97 Å². The fraction of sp³-hybridized carbons (Fsp3) is 0.467. The zero-order valence-electron chi connectivity index (χ0n) is 10.8. The second-order valence-electron chi connectivity index (χ2n) is 5.16. The minimum atomic E-state index is -0.509. The molecular formula is C15H17NO2. The average molecular weight is 243 g/mol. The molecule has 94 valence electrons. The van der Waals surface area contributed by atoms with Gasteiger partial charge in [-0.15, -0.1) is 0 Å². The van der Waals surface area contributed by atoms with Crippen LogP contribution in [0.3, 0.4) is 0 Å². The van der Waals surface area contributed by atoms with Crippen molar-refractivity contribution in [3.05, 3.63) is 35.4 Å². The molecule has 0 heterocycles. The SMILES string of the molecule is COC(=O)c1cccc(C(C)(C#N)CC2CC2)c1. The van der Waals surface area contributed by atoms with Gasteiger partial charge in [0.1, 0.15) is 0 Å². The van der Waals surface area contributed by atoms with Crippen LogP contribution in [-0.2, 0) is 10.2 Å². The van der Waals surface area contributed by atoms with Gasteiger partial charge in [-0.1, -0.05) is 25.0 Å². The van der Waals surface area contributed by atoms with E-state index >= 15 is 0 Å². The molecular weight excluding hydrogens is 226 g/mol. The van der Waals surface area contributed by atoms with E-state index < -0.39 is 5.41 Å². The van der Waals surface area contributed by atoms with Crippen LogP contribution in [0.4, 0.5) is 0 Å². The lowest BCUT2D eigenvalue weighted by Crippen LogP contribution is -2.21. The van der Waals surface area contributed by atoms with E-state index in [1.165, 1.54) is 20.0 Å². The number of nitrogens with zero attached hydrogens (tertiary/aromatic N) is 1. The zero-order chi connectivity index (χ0) is 13.2. The third-order valence-electron chi connectivity index (χ3n) is 3.56. The molecule has 1 saturated carbocycles. The van der Waals surface area contributed by atoms with Gasteiger partial charge in [-0.05, 0) is 37.0 Å². The van der Waals surface area contributed by atoms with Crippen molar-refractivity contribution in [3.8, 4) is 6.07 Å². The predicted molar refractivity (Wildman–Crippen MR) is 68.1 cm³/mol. The van der Waals surface area contributed by atoms with E-state index in [4.69, 9.17) is 4.74 Å². The molecule has 1 aliphatic carbocycles. The Hall–Kier alpha value is -1.82. The fourth-order valence-electron chi connectivity index (χ4n) is 2.23. The lowest BCUT2D eigenvalue weighted by atomic mass is 9.79. The summed E-state index contributed by atoms with van der Waals surface area (Å²) in [6, 6.07) is 9.61. The van der Waals surface area contributed by atoms with Gasteiger partial charge in [0.05, 0.1) is 24.2 Å². The van der Waals surface area contributed by atoms with Crippen LogP contribution in [0.15, 0.2) is 24.3 Å². The summed E-state index contributed by atoms with van der Waals surface area (Å²) in [4.78, 5) is 11.5. The third-order valence-corrected chi connectivity index (χ3v) is 3.56. The molecule has 0 N–H and O–H groups in total. The summed E-state index contributed by atoms with van der Waals surface area (Å²) in [6.07, 6.45) is 3.30. The third kappa shape index (κ3) is 2.53. The Bertz CT molecular complexity index is 499. The summed E-state index contributed by atoms with van der Waals surface area (Å²) in [5.41, 5.74) is 0.901. The van der Waals surface area contributed by atoms with Gasteiger partial charge in [-0.2, -0.15) is 5.26 Å². The molecule has 1 atom stereocenters. The van der Waals surface area contributed by atoms with Gasteiger partial charge in [0.15, 0.2) is 0 Å². The number of benzene rings is 1. The highest BCUT2D eigenvalue weighted by Gasteiger charge is 2.35. The first-order chi connectivity index (χ1) is 8.59. The second-order valence-corrected chi connectivity index (χ2v) is 5.16. The van der Waals surface area contributed by atoms with Crippen LogP contribution >= 0.6 is 0 Å². The molecule has 0 aliphatic heterocycles. The van der Waals surface area contributed by atoms with Crippen LogP contribution in [0.25, 0.3) is 0 Å². The first kappa shape index (κ1) is 12.6. The quantitative estimate of drug-likeness (QED) is 0.764. The molecule has 1 unspecified atom stereocenters. The highest BCUT2D eigenvalue weighted by molar-refractivity contribution is 5.89. The molecule has 2 rings (SSSR count). The lowest BCUT2D eigenvalue weighted by molar-refractivity contribution is 0.0600. The maximum Gasteiger partial charge on any atom is 0.337 e. The summed E-state index contributed by atoms with van der Waals surface area (Å²) in [6.45, 7) is 1.95. The smallest absolute Gasteiger partial charge is 0.337 e. The van der Waals surface area contributed by atoms with Gasteiger partial charge in [0, 0.05) is 0 Å². The minimum Gasteiger partial charge on any atom is -0.465 e. The molecule has 0 bridgehead atoms. The topological polar surface area (TPSA) is 50.1 Å². The summed E-state index contributed by atoms with van der Waals surface area (Å²) in [7, 11) is 1.36. The Morgan fingerprint density at radius 2 is 2.28 bits per heavy atom. The Labute approximate surface area is 107 Å². The molecule has 0 amide bonds. The first-order valence-corrected chi connectivity index (χ1v) is 6.19. The molecule has 3 heteroatoms. The van der Waals surface area contributed by atoms with E-state index in [2.05, 4.69) is 6.07 Å². The van der Waals surface area contributed by atoms with Crippen LogP contribution in [0.2, 0.25) is 0 Å². The Balaban J connectivity index is 2.30. The minimum absolute atomic E-state index is 0.358. The molecule has 1 aromatic rings. The van der Waals surface area contributed by atoms with E-state index in [1.54, 1.807) is 12.1 Å². The number of nitriles is 1. The molecule has 18 heavy (non-hydrogen) atoms. The Kier molecular flexibility index (Phi) is 3.38. The molecule has 0 spiro atoms. The lowest BCUT2D eigenvalue weighted by Gasteiger charge is -2.22. The molecule has 0 saturated heterocycles. The van der Waals surface area contributed by atoms with Gasteiger partial charge in [0.2, 0.25) is 0 Å². The van der Waals surface area contributed by atoms with Crippen LogP contribution in [0.5, 0.6) is 0 Å². The maximum absolute atomic E-state index is 11.5. The molecule has 0 aromatic heterocycles. The summed E-state index contributed by atoms with van der Waals surface area (Å²) >= 11 is 0. The number of esters is 1. The largest absolute Gasteiger partial charge is 0.465 e. The van der Waals surface area contributed by atoms with Crippen LogP contribution in [0.1, 0.15) is 42.1 Å². The summed E-state index contributed by atoms with van der Waals surface area (Å²) in [5.74, 6) is 0.306. The molecule has 1 fully saturated rings. The number of hydrogen-bond acceptors (Lipinski definition) is 3. The number of carbonyl (C=O) groups is 1. The number of hydrogen-bond donors (Lipinski definition) is 0. The van der Waals surface area contributed by atoms with E-state index in [0.29, 0.717) is 11.5 Å². The molecule has 1 aliphatic rings. The van der Waals surface area contributed by atoms with Crippen molar-refractivity contribution in [2.45, 2.75) is 31.6 Å². The number of ether oxygens (including phenoxy) is 1. The van der Waals surface area contributed by atoms with Gasteiger partial charge < -0.3 is 4.74 Å². The van der Waals surface area contributed by atoms with Crippen molar-refractivity contribution < 1.29 is 9.53 Å². The predicted octanol–water partition coefficient (Wildman–Crippen LogP) is 3.05. The number of rotatable bonds is 4. The zero-order valence-corrected chi connectivity index (χ0v) is 10.8. The maximum atomic E-state index is 11.5. The Morgan fingerprint density at radius 1 is 1.56 bits per heavy atom. The van der Waals surface area contributed by atoms with Gasteiger partial charge in [0.25, 0.3) is 0 Å². The monoisotopic (exact) mass is 243 g/mol. The van der Waals surface area contributed by atoms with E-state index in [-0.39, 0.29) is 5.97 Å². The number of carbonyl (C=O) groups excluding carboxylic acids is 1. The van der Waals surface area contributed by atoms with Gasteiger partial charge in [-0.25, -0.2) is 4.79 Å². The summed E-state index contributed by atoms with van der Waals surface area (Å²) in [5, 5.41) is 9.44. The number of methoxy groups -OCH3 is 1. The highest BCUT2D eigenvalue weighted by atomic mass is 16.5. The van der Waals surface area contributed by atoms with Crippen molar-refractivity contribution in [2.24, 2.45) is 5.92 Å². The second kappa shape index (κ2) is 4.81. The highest BCUT2D eigenvalue weighted by Crippen LogP contribution is 2.41. The molecule has 1 aromatic carbocycles. The Morgan fingerprint density at radius 3 is 2.83 bits per heavy atom. The van der Waals surface area contributed by atoms with E-state index in [0.717, 1.165) is 12.0 Å². The van der Waals surface area contributed by atoms with Crippen molar-refractivity contribution in [3.63, 3.8) is 0 Å². The van der Waals surface area contributed by atoms with Gasteiger partial charge in [-0.3, -0.25) is 0 Å². The van der Waals surface area contributed by atoms with Crippen LogP contribution in [0, 0.1) is 17.2 Å². The standard InChI is InChI=1S/C15H17NO2/c1-15(10-16,9-11-6-7-11)13-5-3-4-12(8-13)14(17)18-2/h3-5,8,11H,6-7,9H2,1-2H3. The summed E-state index contributed by atoms with van der Waals surface area (Å²) < 4.78 is 4.71. The fourth-order valence-corrected chi connectivity index (χ4v) is 2.23. The molecule has 0 radical (unpaired) electrons. The van der Waals surface area contributed by atoms with Crippen molar-refractivity contribution in [1.82, 2.24) is 0 Å². The first-order valence-electron chi connectivity index (χ1n) is 6.19. The van der Waals surface area contributed by atoms with Crippen LogP contribution < -0.4 is 0 Å². The van der Waals surface area contributed by atoms with Crippen molar-refractivity contribution >= 4 is 5.97 Å². The average Bonchev–Trinajstić information content (AvgIpc) is 3.21. The van der Waals surface area contributed by atoms with Crippen LogP contribution in [-0.4, -0.2) is 13.1 Å². The normalized spacial score (nSPS) is 17.6. The molecule has 3 nitrogen and oxygen atoms in total. The van der Waals surface area contributed by atoms with Crippen molar-refractivity contribution in [2.75, 3.05) is 7.11 Å². The van der Waals surface area contributed by atoms with Crippen molar-refractivity contribution in [1.29, 1.82) is 5.26 Å².